The molecule has 1 aromatic heterocycles. The van der Waals surface area contributed by atoms with E-state index in [-0.39, 0.29) is 36.3 Å². The molecule has 10 heteroatoms. The number of alkyl halides is 2. The zero-order valence-electron chi connectivity index (χ0n) is 13.9. The first-order valence-corrected chi connectivity index (χ1v) is 7.48. The molecule has 0 saturated heterocycles. The first-order chi connectivity index (χ1) is 11.6. The van der Waals surface area contributed by atoms with Gasteiger partial charge < -0.3 is 19.9 Å². The Bertz CT molecular complexity index is 680. The third-order valence-corrected chi connectivity index (χ3v) is 3.16. The second-order valence-corrected chi connectivity index (χ2v) is 4.89. The third kappa shape index (κ3) is 6.80. The van der Waals surface area contributed by atoms with Crippen molar-refractivity contribution in [2.75, 3.05) is 6.54 Å². The molecule has 25 heavy (non-hydrogen) atoms. The second-order valence-electron chi connectivity index (χ2n) is 4.89. The molecule has 2 rings (SSSR count). The van der Waals surface area contributed by atoms with E-state index in [9.17, 15) is 8.78 Å². The molecule has 0 radical (unpaired) electrons. The number of guanidine groups is 1. The van der Waals surface area contributed by atoms with Crippen LogP contribution in [0.5, 0.6) is 5.75 Å². The molecule has 0 amide bonds. The summed E-state index contributed by atoms with van der Waals surface area (Å²) in [4.78, 5) is 4.39. The standard InChI is InChI=1S/C15H20F2N6O.HI/c1-3-18-15(20-9-13-22-21-10-23(13)2)19-8-11-6-4-5-7-12(11)24-14(16)17;/h4-7,10,14H,3,8-9H2,1-2H3,(H2,18,19,20);1H. The van der Waals surface area contributed by atoms with Crippen LogP contribution in [0.1, 0.15) is 18.3 Å². The van der Waals surface area contributed by atoms with Gasteiger partial charge in [0.1, 0.15) is 12.1 Å². The van der Waals surface area contributed by atoms with Gasteiger partial charge in [-0.2, -0.15) is 8.78 Å². The number of para-hydroxylation sites is 1. The molecule has 7 nitrogen and oxygen atoms in total. The van der Waals surface area contributed by atoms with Crippen LogP contribution in [0.4, 0.5) is 8.78 Å². The summed E-state index contributed by atoms with van der Waals surface area (Å²) in [7, 11) is 1.85. The van der Waals surface area contributed by atoms with Gasteiger partial charge in [-0.3, -0.25) is 0 Å². The molecule has 0 aliphatic carbocycles. The number of aryl methyl sites for hydroxylation is 1. The summed E-state index contributed by atoms with van der Waals surface area (Å²) in [6.07, 6.45) is 1.61. The van der Waals surface area contributed by atoms with Crippen LogP contribution in [0.15, 0.2) is 35.6 Å². The predicted molar refractivity (Wildman–Crippen MR) is 101 cm³/mol. The monoisotopic (exact) mass is 466 g/mol. The Morgan fingerprint density at radius 2 is 2.08 bits per heavy atom. The highest BCUT2D eigenvalue weighted by Gasteiger charge is 2.09. The van der Waals surface area contributed by atoms with E-state index >= 15 is 0 Å². The predicted octanol–water partition coefficient (Wildman–Crippen LogP) is 2.29. The largest absolute Gasteiger partial charge is 0.434 e. The van der Waals surface area contributed by atoms with Crippen LogP contribution in [0, 0.1) is 0 Å². The Morgan fingerprint density at radius 1 is 1.32 bits per heavy atom. The van der Waals surface area contributed by atoms with Crippen LogP contribution in [0.3, 0.4) is 0 Å². The van der Waals surface area contributed by atoms with Gasteiger partial charge in [-0.25, -0.2) is 4.99 Å². The van der Waals surface area contributed by atoms with Crippen molar-refractivity contribution in [2.24, 2.45) is 12.0 Å². The van der Waals surface area contributed by atoms with Gasteiger partial charge in [0.05, 0.1) is 13.1 Å². The van der Waals surface area contributed by atoms with Gasteiger partial charge in [0.25, 0.3) is 0 Å². The number of nitrogens with one attached hydrogen (secondary N) is 2. The third-order valence-electron chi connectivity index (χ3n) is 3.16. The number of nitrogens with zero attached hydrogens (tertiary/aromatic N) is 4. The molecule has 1 heterocycles. The molecule has 0 aliphatic heterocycles. The summed E-state index contributed by atoms with van der Waals surface area (Å²) in [5.41, 5.74) is 0.577. The fraction of sp³-hybridized carbons (Fsp3) is 0.400. The highest BCUT2D eigenvalue weighted by Crippen LogP contribution is 2.20. The first-order valence-electron chi connectivity index (χ1n) is 7.48. The average molecular weight is 466 g/mol. The lowest BCUT2D eigenvalue weighted by molar-refractivity contribution is -0.0504. The van der Waals surface area contributed by atoms with E-state index in [0.29, 0.717) is 24.6 Å². The lowest BCUT2D eigenvalue weighted by Crippen LogP contribution is -2.37. The molecule has 1 aromatic carbocycles. The maximum absolute atomic E-state index is 12.4. The van der Waals surface area contributed by atoms with Crippen LogP contribution in [-0.4, -0.2) is 33.9 Å². The summed E-state index contributed by atoms with van der Waals surface area (Å²) in [5, 5.41) is 14.0. The lowest BCUT2D eigenvalue weighted by Gasteiger charge is -2.12. The van der Waals surface area contributed by atoms with Crippen molar-refractivity contribution in [1.29, 1.82) is 0 Å². The van der Waals surface area contributed by atoms with E-state index in [0.717, 1.165) is 5.82 Å². The topological polar surface area (TPSA) is 76.4 Å². The fourth-order valence-electron chi connectivity index (χ4n) is 1.98. The Morgan fingerprint density at radius 3 is 2.72 bits per heavy atom. The minimum atomic E-state index is -2.86. The van der Waals surface area contributed by atoms with Gasteiger partial charge in [-0.15, -0.1) is 34.2 Å². The summed E-state index contributed by atoms with van der Waals surface area (Å²) >= 11 is 0. The van der Waals surface area contributed by atoms with E-state index in [1.807, 2.05) is 14.0 Å². The summed E-state index contributed by atoms with van der Waals surface area (Å²) in [6, 6.07) is 6.59. The number of aromatic nitrogens is 3. The van der Waals surface area contributed by atoms with Gasteiger partial charge in [-0.1, -0.05) is 18.2 Å². The molecule has 2 N–H and O–H groups in total. The molecule has 2 aromatic rings. The Balaban J connectivity index is 0.00000312. The van der Waals surface area contributed by atoms with Crippen molar-refractivity contribution in [2.45, 2.75) is 26.6 Å². The van der Waals surface area contributed by atoms with Crippen molar-refractivity contribution in [3.8, 4) is 5.75 Å². The smallest absolute Gasteiger partial charge is 0.387 e. The molecule has 0 saturated carbocycles. The molecule has 0 unspecified atom stereocenters. The van der Waals surface area contributed by atoms with Crippen molar-refractivity contribution < 1.29 is 13.5 Å². The van der Waals surface area contributed by atoms with Crippen LogP contribution >= 0.6 is 24.0 Å². The number of ether oxygens (including phenoxy) is 1. The Hall–Kier alpha value is -1.98. The van der Waals surface area contributed by atoms with E-state index in [1.165, 1.54) is 6.07 Å². The minimum absolute atomic E-state index is 0. The summed E-state index contributed by atoms with van der Waals surface area (Å²) in [5.74, 6) is 1.43. The molecule has 138 valence electrons. The van der Waals surface area contributed by atoms with Gasteiger partial charge in [-0.05, 0) is 13.0 Å². The minimum Gasteiger partial charge on any atom is -0.434 e. The SMILES string of the molecule is CCNC(=NCc1ccccc1OC(F)F)NCc1nncn1C.I. The number of hydrogen-bond donors (Lipinski definition) is 2. The number of aliphatic imine (C=N–C) groups is 1. The quantitative estimate of drug-likeness (QED) is 0.372. The molecule has 0 fully saturated rings. The zero-order chi connectivity index (χ0) is 17.4. The number of halogens is 3. The zero-order valence-corrected chi connectivity index (χ0v) is 16.3. The maximum atomic E-state index is 12.4. The van der Waals surface area contributed by atoms with Gasteiger partial charge in [0, 0.05) is 19.2 Å². The van der Waals surface area contributed by atoms with E-state index in [1.54, 1.807) is 29.1 Å². The summed E-state index contributed by atoms with van der Waals surface area (Å²) < 4.78 is 31.2. The number of benzene rings is 1. The van der Waals surface area contributed by atoms with Crippen LogP contribution in [-0.2, 0) is 20.1 Å². The summed E-state index contributed by atoms with van der Waals surface area (Å²) in [6.45, 7) is 0.388. The van der Waals surface area contributed by atoms with Crippen molar-refractivity contribution >= 4 is 29.9 Å². The van der Waals surface area contributed by atoms with Crippen LogP contribution < -0.4 is 15.4 Å². The maximum Gasteiger partial charge on any atom is 0.387 e. The van der Waals surface area contributed by atoms with Gasteiger partial charge in [0.2, 0.25) is 0 Å². The van der Waals surface area contributed by atoms with Crippen LogP contribution in [0.25, 0.3) is 0 Å². The van der Waals surface area contributed by atoms with E-state index in [2.05, 4.69) is 30.6 Å². The normalized spacial score (nSPS) is 11.2. The molecule has 0 spiro atoms. The fourth-order valence-corrected chi connectivity index (χ4v) is 1.98. The Labute approximate surface area is 161 Å². The first kappa shape index (κ1) is 21.1. The lowest BCUT2D eigenvalue weighted by atomic mass is 10.2. The van der Waals surface area contributed by atoms with Crippen molar-refractivity contribution in [1.82, 2.24) is 25.4 Å². The molecule has 0 aliphatic rings. The highest BCUT2D eigenvalue weighted by molar-refractivity contribution is 14.0. The number of hydrogen-bond acceptors (Lipinski definition) is 4. The van der Waals surface area contributed by atoms with Gasteiger partial charge in [0.15, 0.2) is 11.8 Å². The second kappa shape index (κ2) is 10.8. The molecular weight excluding hydrogens is 445 g/mol. The van der Waals surface area contributed by atoms with Gasteiger partial charge >= 0.3 is 6.61 Å². The van der Waals surface area contributed by atoms with Crippen molar-refractivity contribution in [3.05, 3.63) is 42.0 Å². The molecule has 0 atom stereocenters. The van der Waals surface area contributed by atoms with E-state index < -0.39 is 6.61 Å². The number of rotatable bonds is 7. The Kier molecular flexibility index (Phi) is 9.10. The average Bonchev–Trinajstić information content (AvgIpc) is 2.96. The molecule has 0 bridgehead atoms. The highest BCUT2D eigenvalue weighted by atomic mass is 127. The van der Waals surface area contributed by atoms with E-state index in [4.69, 9.17) is 0 Å². The van der Waals surface area contributed by atoms with Crippen molar-refractivity contribution in [3.63, 3.8) is 0 Å². The van der Waals surface area contributed by atoms with Crippen LogP contribution in [0.2, 0.25) is 0 Å². The molecular formula is C15H21F2IN6O.